The second kappa shape index (κ2) is 5.25. The second-order valence-corrected chi connectivity index (χ2v) is 6.33. The SMILES string of the molecule is CSCN1CCOC(C(C)(C)NC2CC2)C1. The van der Waals surface area contributed by atoms with E-state index < -0.39 is 0 Å². The zero-order valence-corrected chi connectivity index (χ0v) is 11.5. The van der Waals surface area contributed by atoms with Crippen LogP contribution in [0.15, 0.2) is 0 Å². The van der Waals surface area contributed by atoms with E-state index >= 15 is 0 Å². The number of hydrogen-bond acceptors (Lipinski definition) is 4. The highest BCUT2D eigenvalue weighted by Crippen LogP contribution is 2.26. The lowest BCUT2D eigenvalue weighted by Gasteiger charge is -2.41. The average molecular weight is 244 g/mol. The van der Waals surface area contributed by atoms with Gasteiger partial charge in [-0.3, -0.25) is 4.90 Å². The van der Waals surface area contributed by atoms with Crippen molar-refractivity contribution >= 4 is 11.8 Å². The molecule has 0 aromatic heterocycles. The second-order valence-electron chi connectivity index (χ2n) is 5.49. The molecule has 4 heteroatoms. The molecule has 1 N–H and O–H groups in total. The third-order valence-electron chi connectivity index (χ3n) is 3.42. The topological polar surface area (TPSA) is 24.5 Å². The van der Waals surface area contributed by atoms with Gasteiger partial charge < -0.3 is 10.1 Å². The highest BCUT2D eigenvalue weighted by molar-refractivity contribution is 7.98. The summed E-state index contributed by atoms with van der Waals surface area (Å²) >= 11 is 1.90. The van der Waals surface area contributed by atoms with Crippen molar-refractivity contribution in [3.05, 3.63) is 0 Å². The van der Waals surface area contributed by atoms with Gasteiger partial charge in [0.2, 0.25) is 0 Å². The fourth-order valence-corrected chi connectivity index (χ4v) is 2.89. The molecule has 1 aliphatic heterocycles. The zero-order chi connectivity index (χ0) is 11.6. The van der Waals surface area contributed by atoms with Gasteiger partial charge in [-0.1, -0.05) is 0 Å². The molecule has 1 heterocycles. The minimum atomic E-state index is 0.109. The highest BCUT2D eigenvalue weighted by Gasteiger charge is 2.37. The van der Waals surface area contributed by atoms with Gasteiger partial charge in [0.15, 0.2) is 0 Å². The number of nitrogens with one attached hydrogen (secondary N) is 1. The summed E-state index contributed by atoms with van der Waals surface area (Å²) < 4.78 is 5.93. The van der Waals surface area contributed by atoms with Crippen molar-refractivity contribution in [3.63, 3.8) is 0 Å². The molecule has 1 atom stereocenters. The Hall–Kier alpha value is 0.230. The van der Waals surface area contributed by atoms with Crippen molar-refractivity contribution in [2.24, 2.45) is 0 Å². The number of ether oxygens (including phenoxy) is 1. The number of hydrogen-bond donors (Lipinski definition) is 1. The van der Waals surface area contributed by atoms with Crippen molar-refractivity contribution in [1.82, 2.24) is 10.2 Å². The van der Waals surface area contributed by atoms with Gasteiger partial charge in [0, 0.05) is 30.5 Å². The minimum absolute atomic E-state index is 0.109. The van der Waals surface area contributed by atoms with Crippen molar-refractivity contribution in [2.75, 3.05) is 31.8 Å². The molecule has 1 saturated carbocycles. The molecule has 1 saturated heterocycles. The Morgan fingerprint density at radius 3 is 2.81 bits per heavy atom. The summed E-state index contributed by atoms with van der Waals surface area (Å²) in [5.41, 5.74) is 0.109. The van der Waals surface area contributed by atoms with E-state index in [1.165, 1.54) is 12.8 Å². The van der Waals surface area contributed by atoms with Crippen molar-refractivity contribution in [2.45, 2.75) is 44.4 Å². The first kappa shape index (κ1) is 12.7. The molecule has 0 amide bonds. The Morgan fingerprint density at radius 1 is 1.44 bits per heavy atom. The number of nitrogens with zero attached hydrogens (tertiary/aromatic N) is 1. The van der Waals surface area contributed by atoms with Crippen molar-refractivity contribution in [1.29, 1.82) is 0 Å². The normalized spacial score (nSPS) is 28.3. The van der Waals surface area contributed by atoms with Crippen LogP contribution in [0.25, 0.3) is 0 Å². The largest absolute Gasteiger partial charge is 0.374 e. The molecule has 0 radical (unpaired) electrons. The van der Waals surface area contributed by atoms with E-state index in [1.54, 1.807) is 0 Å². The van der Waals surface area contributed by atoms with E-state index in [-0.39, 0.29) is 5.54 Å². The Labute approximate surface area is 103 Å². The summed E-state index contributed by atoms with van der Waals surface area (Å²) in [6.45, 7) is 7.57. The van der Waals surface area contributed by atoms with Crippen LogP contribution in [0.1, 0.15) is 26.7 Å². The van der Waals surface area contributed by atoms with Gasteiger partial charge >= 0.3 is 0 Å². The standard InChI is InChI=1S/C12H24N2OS/c1-12(2,13-10-4-5-10)11-8-14(9-16-3)6-7-15-11/h10-11,13H,4-9H2,1-3H3. The van der Waals surface area contributed by atoms with E-state index in [4.69, 9.17) is 4.74 Å². The maximum atomic E-state index is 5.93. The molecule has 2 rings (SSSR count). The fourth-order valence-electron chi connectivity index (χ4n) is 2.29. The van der Waals surface area contributed by atoms with E-state index in [2.05, 4.69) is 30.3 Å². The Bertz CT molecular complexity index is 229. The predicted octanol–water partition coefficient (Wildman–Crippen LogP) is 1.54. The van der Waals surface area contributed by atoms with Crippen LogP contribution in [0.2, 0.25) is 0 Å². The van der Waals surface area contributed by atoms with Crippen LogP contribution < -0.4 is 5.32 Å². The molecule has 3 nitrogen and oxygen atoms in total. The van der Waals surface area contributed by atoms with Gasteiger partial charge in [0.1, 0.15) is 0 Å². The van der Waals surface area contributed by atoms with Crippen molar-refractivity contribution < 1.29 is 4.74 Å². The molecule has 16 heavy (non-hydrogen) atoms. The maximum absolute atomic E-state index is 5.93. The van der Waals surface area contributed by atoms with Gasteiger partial charge in [-0.05, 0) is 32.9 Å². The third-order valence-corrected chi connectivity index (χ3v) is 4.04. The Kier molecular flexibility index (Phi) is 4.16. The van der Waals surface area contributed by atoms with E-state index in [1.807, 2.05) is 11.8 Å². The Balaban J connectivity index is 1.86. The molecular formula is C12H24N2OS. The van der Waals surface area contributed by atoms with Crippen LogP contribution in [0.5, 0.6) is 0 Å². The van der Waals surface area contributed by atoms with Crippen LogP contribution in [-0.4, -0.2) is 54.4 Å². The Morgan fingerprint density at radius 2 is 2.19 bits per heavy atom. The van der Waals surface area contributed by atoms with Gasteiger partial charge in [-0.15, -0.1) is 11.8 Å². The fraction of sp³-hybridized carbons (Fsp3) is 1.00. The van der Waals surface area contributed by atoms with Gasteiger partial charge in [0.05, 0.1) is 12.7 Å². The van der Waals surface area contributed by atoms with Gasteiger partial charge in [-0.25, -0.2) is 0 Å². The summed E-state index contributed by atoms with van der Waals surface area (Å²) in [5, 5.41) is 3.70. The molecular weight excluding hydrogens is 220 g/mol. The van der Waals surface area contributed by atoms with E-state index in [9.17, 15) is 0 Å². The average Bonchev–Trinajstić information content (AvgIpc) is 3.02. The number of morpholine rings is 1. The maximum Gasteiger partial charge on any atom is 0.0878 e. The molecule has 0 spiro atoms. The zero-order valence-electron chi connectivity index (χ0n) is 10.7. The summed E-state index contributed by atoms with van der Waals surface area (Å²) in [5.74, 6) is 1.12. The molecule has 0 aromatic rings. The van der Waals surface area contributed by atoms with Crippen LogP contribution in [0.3, 0.4) is 0 Å². The molecule has 1 aliphatic carbocycles. The highest BCUT2D eigenvalue weighted by atomic mass is 32.2. The van der Waals surface area contributed by atoms with E-state index in [0.29, 0.717) is 6.10 Å². The molecule has 94 valence electrons. The minimum Gasteiger partial charge on any atom is -0.374 e. The van der Waals surface area contributed by atoms with Gasteiger partial charge in [-0.2, -0.15) is 0 Å². The first-order valence-electron chi connectivity index (χ1n) is 6.22. The van der Waals surface area contributed by atoms with Crippen LogP contribution in [-0.2, 0) is 4.74 Å². The first-order valence-corrected chi connectivity index (χ1v) is 7.62. The predicted molar refractivity (Wildman–Crippen MR) is 69.9 cm³/mol. The summed E-state index contributed by atoms with van der Waals surface area (Å²) in [6, 6.07) is 0.745. The summed E-state index contributed by atoms with van der Waals surface area (Å²) in [6.07, 6.45) is 5.17. The van der Waals surface area contributed by atoms with Crippen LogP contribution >= 0.6 is 11.8 Å². The molecule has 2 aliphatic rings. The van der Waals surface area contributed by atoms with E-state index in [0.717, 1.165) is 31.6 Å². The summed E-state index contributed by atoms with van der Waals surface area (Å²) in [4.78, 5) is 2.50. The van der Waals surface area contributed by atoms with Crippen LogP contribution in [0.4, 0.5) is 0 Å². The molecule has 1 unspecified atom stereocenters. The number of thioether (sulfide) groups is 1. The van der Waals surface area contributed by atoms with Crippen LogP contribution in [0, 0.1) is 0 Å². The smallest absolute Gasteiger partial charge is 0.0878 e. The number of rotatable bonds is 5. The van der Waals surface area contributed by atoms with Crippen molar-refractivity contribution in [3.8, 4) is 0 Å². The lowest BCUT2D eigenvalue weighted by molar-refractivity contribution is -0.0628. The van der Waals surface area contributed by atoms with Gasteiger partial charge in [0.25, 0.3) is 0 Å². The lowest BCUT2D eigenvalue weighted by atomic mass is 9.95. The molecule has 0 aromatic carbocycles. The first-order chi connectivity index (χ1) is 7.62. The summed E-state index contributed by atoms with van der Waals surface area (Å²) in [7, 11) is 0. The lowest BCUT2D eigenvalue weighted by Crippen LogP contribution is -2.58. The monoisotopic (exact) mass is 244 g/mol. The molecule has 0 bridgehead atoms. The quantitative estimate of drug-likeness (QED) is 0.793. The third kappa shape index (κ3) is 3.36. The molecule has 2 fully saturated rings.